The number of aliphatic hydroxyl groups is 1. The zero-order valence-electron chi connectivity index (χ0n) is 17.9. The van der Waals surface area contributed by atoms with Crippen molar-refractivity contribution in [1.82, 2.24) is 14.7 Å². The second-order valence-electron chi connectivity index (χ2n) is 7.88. The third-order valence-electron chi connectivity index (χ3n) is 5.48. The Morgan fingerprint density at radius 1 is 1.30 bits per heavy atom. The maximum absolute atomic E-state index is 12.4. The molecule has 0 bridgehead atoms. The van der Waals surface area contributed by atoms with Crippen molar-refractivity contribution in [2.75, 3.05) is 33.4 Å². The first kappa shape index (κ1) is 25.5. The summed E-state index contributed by atoms with van der Waals surface area (Å²) in [5, 5.41) is 21.6. The predicted molar refractivity (Wildman–Crippen MR) is 106 cm³/mol. The molecule has 30 heavy (non-hydrogen) atoms. The number of carboxylic acid groups (broad SMARTS) is 1. The van der Waals surface area contributed by atoms with Crippen LogP contribution in [0, 0.1) is 11.8 Å². The van der Waals surface area contributed by atoms with Gasteiger partial charge in [-0.3, -0.25) is 4.79 Å². The molecule has 0 aliphatic carbocycles. The first-order valence-electron chi connectivity index (χ1n) is 9.19. The minimum Gasteiger partial charge on any atom is -0.543 e. The smallest absolute Gasteiger partial charge is 0.543 e. The van der Waals surface area contributed by atoms with Gasteiger partial charge in [-0.1, -0.05) is 6.92 Å². The van der Waals surface area contributed by atoms with Gasteiger partial charge in [0.2, 0.25) is 11.9 Å². The molecule has 3 rings (SSSR count). The van der Waals surface area contributed by atoms with E-state index in [1.165, 1.54) is 23.6 Å². The maximum Gasteiger partial charge on any atom is 1.00 e. The van der Waals surface area contributed by atoms with E-state index in [0.29, 0.717) is 24.0 Å². The summed E-state index contributed by atoms with van der Waals surface area (Å²) >= 11 is 1.36. The molecule has 0 aromatic rings. The molecule has 162 valence electrons. The minimum absolute atomic E-state index is 0. The van der Waals surface area contributed by atoms with E-state index >= 15 is 0 Å². The molecule has 3 aliphatic rings. The van der Waals surface area contributed by atoms with Gasteiger partial charge in [-0.15, -0.1) is 16.2 Å². The van der Waals surface area contributed by atoms with E-state index in [4.69, 9.17) is 0 Å². The van der Waals surface area contributed by atoms with Gasteiger partial charge in [0.15, 0.2) is 0 Å². The molecule has 3 aliphatic heterocycles. The molecule has 4 atom stereocenters. The quantitative estimate of drug-likeness (QED) is 0.311. The Morgan fingerprint density at radius 2 is 1.83 bits per heavy atom. The van der Waals surface area contributed by atoms with Crippen LogP contribution in [0.4, 0.5) is 0 Å². The van der Waals surface area contributed by atoms with Crippen LogP contribution in [0.3, 0.4) is 0 Å². The number of hydrogen-bond acceptors (Lipinski definition) is 7. The van der Waals surface area contributed by atoms with E-state index in [-0.39, 0.29) is 52.5 Å². The van der Waals surface area contributed by atoms with Gasteiger partial charge in [0.05, 0.1) is 36.0 Å². The molecule has 0 radical (unpaired) electrons. The molecule has 0 aromatic heterocycles. The van der Waals surface area contributed by atoms with Crippen LogP contribution in [0.2, 0.25) is 0 Å². The molecular weight excluding hydrogens is 443 g/mol. The molecule has 0 saturated carbocycles. The average Bonchev–Trinajstić information content (AvgIpc) is 2.79. The Morgan fingerprint density at radius 3 is 2.27 bits per heavy atom. The standard InChI is InChI=1S/C17H26N4O6S2.Na/c1-8-12-11(9(2)22)15(23)21(12)13(16(24)25)14(8)28-10-6-19(3)17(20(4)7-10)18-29(5,26)27;/h8-12,22H,6-7H2,1-5H3,(H,24,25);/q;+1/p-1/t8-,9-,10?,11-,12-;/m1./s1. The number of sulfonamides is 1. The maximum atomic E-state index is 12.4. The third kappa shape index (κ3) is 4.53. The Hall–Kier alpha value is -0.790. The average molecular weight is 469 g/mol. The van der Waals surface area contributed by atoms with E-state index in [2.05, 4.69) is 4.40 Å². The molecule has 1 N–H and O–H groups in total. The molecule has 2 saturated heterocycles. The number of thioether (sulfide) groups is 1. The summed E-state index contributed by atoms with van der Waals surface area (Å²) in [7, 11) is -0.107. The van der Waals surface area contributed by atoms with Crippen LogP contribution >= 0.6 is 11.8 Å². The van der Waals surface area contributed by atoms with E-state index in [9.17, 15) is 28.2 Å². The summed E-state index contributed by atoms with van der Waals surface area (Å²) < 4.78 is 26.8. The van der Waals surface area contributed by atoms with Gasteiger partial charge >= 0.3 is 29.6 Å². The zero-order valence-corrected chi connectivity index (χ0v) is 21.5. The number of aliphatic hydroxyl groups excluding tert-OH is 1. The Kier molecular flexibility index (Phi) is 7.63. The van der Waals surface area contributed by atoms with Crippen LogP contribution in [-0.4, -0.2) is 96.9 Å². The summed E-state index contributed by atoms with van der Waals surface area (Å²) in [5.41, 5.74) is -0.115. The van der Waals surface area contributed by atoms with Crippen molar-refractivity contribution >= 4 is 39.6 Å². The van der Waals surface area contributed by atoms with E-state index in [1.807, 2.05) is 6.92 Å². The normalized spacial score (nSPS) is 30.0. The molecule has 0 aromatic carbocycles. The van der Waals surface area contributed by atoms with Crippen LogP contribution < -0.4 is 34.7 Å². The molecule has 0 spiro atoms. The molecule has 3 heterocycles. The molecule has 13 heteroatoms. The number of carboxylic acids is 1. The van der Waals surface area contributed by atoms with Gasteiger partial charge in [0.25, 0.3) is 10.0 Å². The number of amides is 1. The molecule has 2 fully saturated rings. The number of guanidine groups is 1. The molecule has 10 nitrogen and oxygen atoms in total. The van der Waals surface area contributed by atoms with E-state index < -0.39 is 33.9 Å². The van der Waals surface area contributed by atoms with Crippen molar-refractivity contribution in [3.05, 3.63) is 10.6 Å². The second-order valence-corrected chi connectivity index (χ2v) is 10.9. The van der Waals surface area contributed by atoms with Crippen LogP contribution in [0.25, 0.3) is 0 Å². The number of nitrogens with zero attached hydrogens (tertiary/aromatic N) is 4. The fourth-order valence-corrected chi connectivity index (χ4v) is 6.51. The molecule has 0 unspecified atom stereocenters. The summed E-state index contributed by atoms with van der Waals surface area (Å²) in [6, 6.07) is -0.390. The van der Waals surface area contributed by atoms with Crippen molar-refractivity contribution < 1.29 is 57.8 Å². The van der Waals surface area contributed by atoms with Crippen molar-refractivity contribution in [3.63, 3.8) is 0 Å². The molecular formula is C17H25N4NaO6S2. The Bertz CT molecular complexity index is 892. The second kappa shape index (κ2) is 8.99. The SMILES string of the molecule is C[C@@H](O)[C@H]1C(=O)N2C(C(=O)[O-])=C(SC3CN(C)C(=NS(C)(=O)=O)N(C)C3)[C@H](C)[C@H]12.[Na+]. The Labute approximate surface area is 202 Å². The topological polar surface area (TPSA) is 134 Å². The van der Waals surface area contributed by atoms with Crippen molar-refractivity contribution in [2.45, 2.75) is 31.2 Å². The van der Waals surface area contributed by atoms with Gasteiger partial charge < -0.3 is 29.7 Å². The number of carbonyl (C=O) groups excluding carboxylic acids is 2. The number of carbonyl (C=O) groups is 2. The van der Waals surface area contributed by atoms with Crippen molar-refractivity contribution in [3.8, 4) is 0 Å². The van der Waals surface area contributed by atoms with Crippen LogP contribution in [0.1, 0.15) is 13.8 Å². The summed E-state index contributed by atoms with van der Waals surface area (Å²) in [6.45, 7) is 4.30. The Balaban J connectivity index is 0.00000320. The van der Waals surface area contributed by atoms with Gasteiger partial charge in [-0.2, -0.15) is 0 Å². The summed E-state index contributed by atoms with van der Waals surface area (Å²) in [5.74, 6) is -2.34. The number of aliphatic carboxylic acids is 1. The minimum atomic E-state index is -3.55. The third-order valence-corrected chi connectivity index (χ3v) is 7.43. The number of hydrogen-bond donors (Lipinski definition) is 1. The number of β-lactam (4-membered cyclic amide) rings is 1. The van der Waals surface area contributed by atoms with Crippen LogP contribution in [-0.2, 0) is 19.6 Å². The van der Waals surface area contributed by atoms with E-state index in [0.717, 1.165) is 6.26 Å². The monoisotopic (exact) mass is 468 g/mol. The van der Waals surface area contributed by atoms with Gasteiger partial charge in [-0.05, 0) is 6.92 Å². The van der Waals surface area contributed by atoms with Crippen LogP contribution in [0.5, 0.6) is 0 Å². The first-order chi connectivity index (χ1) is 13.3. The van der Waals surface area contributed by atoms with Crippen LogP contribution in [0.15, 0.2) is 15.0 Å². The summed E-state index contributed by atoms with van der Waals surface area (Å²) in [6.07, 6.45) is 0.166. The van der Waals surface area contributed by atoms with Gasteiger partial charge in [0.1, 0.15) is 0 Å². The fourth-order valence-electron chi connectivity index (χ4n) is 4.33. The van der Waals surface area contributed by atoms with Gasteiger partial charge in [0, 0.05) is 43.3 Å². The van der Waals surface area contributed by atoms with Gasteiger partial charge in [-0.25, -0.2) is 8.42 Å². The summed E-state index contributed by atoms with van der Waals surface area (Å²) in [4.78, 5) is 29.4. The first-order valence-corrected chi connectivity index (χ1v) is 11.9. The number of rotatable bonds is 5. The fraction of sp³-hybridized carbons (Fsp3) is 0.706. The molecule has 1 amide bonds. The van der Waals surface area contributed by atoms with Crippen molar-refractivity contribution in [2.24, 2.45) is 16.2 Å². The largest absolute Gasteiger partial charge is 1.00 e. The predicted octanol–water partition coefficient (Wildman–Crippen LogP) is -4.90. The van der Waals surface area contributed by atoms with E-state index in [1.54, 1.807) is 23.9 Å². The number of fused-ring (bicyclic) bond motifs is 1. The zero-order chi connectivity index (χ0) is 21.8. The van der Waals surface area contributed by atoms with Crippen molar-refractivity contribution in [1.29, 1.82) is 0 Å².